The molecule has 0 saturated carbocycles. The highest BCUT2D eigenvalue weighted by molar-refractivity contribution is 7.07. The molecule has 0 bridgehead atoms. The van der Waals surface area contributed by atoms with Gasteiger partial charge in [-0.15, -0.1) is 11.3 Å². The quantitative estimate of drug-likeness (QED) is 0.601. The second kappa shape index (κ2) is 8.83. The smallest absolute Gasteiger partial charge is 0.206 e. The molecule has 0 aliphatic rings. The number of phenolic OH excluding ortho intramolecular Hbond substituents is 2. The maximum Gasteiger partial charge on any atom is 0.206 e. The second-order valence-electron chi connectivity index (χ2n) is 6.14. The van der Waals surface area contributed by atoms with Crippen molar-refractivity contribution in [3.8, 4) is 34.3 Å². The normalized spacial score (nSPS) is 12.3. The molecule has 0 fully saturated rings. The number of benzene rings is 2. The third kappa shape index (κ3) is 4.27. The lowest BCUT2D eigenvalue weighted by Crippen LogP contribution is -2.14. The molecule has 0 spiro atoms. The van der Waals surface area contributed by atoms with Crippen molar-refractivity contribution < 1.29 is 19.7 Å². The molecule has 0 aliphatic heterocycles. The van der Waals surface area contributed by atoms with Crippen LogP contribution in [0.1, 0.15) is 19.4 Å². The summed E-state index contributed by atoms with van der Waals surface area (Å²) in [5, 5.41) is 26.4. The Morgan fingerprint density at radius 2 is 1.90 bits per heavy atom. The first kappa shape index (κ1) is 20.5. The number of phenols is 2. The Morgan fingerprint density at radius 1 is 1.10 bits per heavy atom. The molecule has 3 aromatic rings. The Balaban J connectivity index is 2.22. The van der Waals surface area contributed by atoms with Gasteiger partial charge in [0.15, 0.2) is 0 Å². The van der Waals surface area contributed by atoms with Crippen molar-refractivity contribution in [2.24, 2.45) is 10.1 Å². The van der Waals surface area contributed by atoms with E-state index in [0.29, 0.717) is 34.1 Å². The number of methoxy groups -OCH3 is 2. The summed E-state index contributed by atoms with van der Waals surface area (Å²) in [5.41, 5.74) is 2.69. The minimum atomic E-state index is -0.0448. The van der Waals surface area contributed by atoms with Crippen LogP contribution in [0.3, 0.4) is 0 Å². The van der Waals surface area contributed by atoms with Crippen molar-refractivity contribution >= 4 is 17.0 Å². The van der Waals surface area contributed by atoms with Crippen molar-refractivity contribution in [3.05, 3.63) is 52.1 Å². The number of hydrogen-bond acceptors (Lipinski definition) is 7. The lowest BCUT2D eigenvalue weighted by Gasteiger charge is -2.12. The highest BCUT2D eigenvalue weighted by atomic mass is 32.1. The minimum Gasteiger partial charge on any atom is -0.508 e. The minimum absolute atomic E-state index is 0.00860. The number of hydrogen-bond donors (Lipinski definition) is 2. The number of nitrogens with zero attached hydrogens (tertiary/aromatic N) is 3. The summed E-state index contributed by atoms with van der Waals surface area (Å²) in [7, 11) is 3.23. The van der Waals surface area contributed by atoms with Gasteiger partial charge in [-0.25, -0.2) is 4.68 Å². The first-order chi connectivity index (χ1) is 14.0. The van der Waals surface area contributed by atoms with Crippen molar-refractivity contribution in [2.75, 3.05) is 20.8 Å². The van der Waals surface area contributed by atoms with Crippen molar-refractivity contribution in [1.29, 1.82) is 0 Å². The SMILES string of the molecule is CCN=c1scc(-c2cc(OC)ccc2OC)n1N=C(C)c1ccc(O)cc1O. The summed E-state index contributed by atoms with van der Waals surface area (Å²) >= 11 is 1.46. The van der Waals surface area contributed by atoms with Gasteiger partial charge < -0.3 is 19.7 Å². The predicted molar refractivity (Wildman–Crippen MR) is 114 cm³/mol. The number of thiazole rings is 1. The molecule has 152 valence electrons. The number of ether oxygens (including phenoxy) is 2. The molecular formula is C21H23N3O4S. The third-order valence-electron chi connectivity index (χ3n) is 4.28. The van der Waals surface area contributed by atoms with E-state index in [1.165, 1.54) is 23.5 Å². The largest absolute Gasteiger partial charge is 0.508 e. The van der Waals surface area contributed by atoms with Crippen molar-refractivity contribution in [1.82, 2.24) is 4.68 Å². The Kier molecular flexibility index (Phi) is 6.23. The molecule has 0 saturated heterocycles. The monoisotopic (exact) mass is 413 g/mol. The van der Waals surface area contributed by atoms with E-state index in [4.69, 9.17) is 14.6 Å². The lowest BCUT2D eigenvalue weighted by molar-refractivity contribution is 0.404. The third-order valence-corrected chi connectivity index (χ3v) is 5.14. The molecule has 7 nitrogen and oxygen atoms in total. The van der Waals surface area contributed by atoms with Crippen LogP contribution in [0.2, 0.25) is 0 Å². The van der Waals surface area contributed by atoms with E-state index in [1.54, 1.807) is 31.9 Å². The highest BCUT2D eigenvalue weighted by Gasteiger charge is 2.15. The van der Waals surface area contributed by atoms with Crippen LogP contribution < -0.4 is 14.3 Å². The Hall–Kier alpha value is -3.26. The van der Waals surface area contributed by atoms with E-state index >= 15 is 0 Å². The molecule has 2 aromatic carbocycles. The molecule has 0 aliphatic carbocycles. The summed E-state index contributed by atoms with van der Waals surface area (Å²) in [6.45, 7) is 4.35. The molecule has 0 atom stereocenters. The fraction of sp³-hybridized carbons (Fsp3) is 0.238. The van der Waals surface area contributed by atoms with Crippen LogP contribution in [-0.4, -0.2) is 41.4 Å². The standard InChI is InChI=1S/C21H23N3O4S/c1-5-22-21-24(23-13(2)16-8-6-14(25)10-19(16)26)18(12-29-21)17-11-15(27-3)7-9-20(17)28-4/h6-12,25-26H,5H2,1-4H3. The maximum atomic E-state index is 10.2. The van der Waals surface area contributed by atoms with Crippen LogP contribution >= 0.6 is 11.3 Å². The first-order valence-corrected chi connectivity index (χ1v) is 9.87. The first-order valence-electron chi connectivity index (χ1n) is 8.99. The Bertz CT molecular complexity index is 1120. The van der Waals surface area contributed by atoms with Crippen molar-refractivity contribution in [3.63, 3.8) is 0 Å². The van der Waals surface area contributed by atoms with Gasteiger partial charge in [0.1, 0.15) is 23.0 Å². The van der Waals surface area contributed by atoms with Crippen LogP contribution in [0, 0.1) is 0 Å². The van der Waals surface area contributed by atoms with Gasteiger partial charge in [-0.2, -0.15) is 5.10 Å². The molecule has 0 unspecified atom stereocenters. The zero-order chi connectivity index (χ0) is 21.0. The molecule has 29 heavy (non-hydrogen) atoms. The average Bonchev–Trinajstić information content (AvgIpc) is 3.09. The molecule has 2 N–H and O–H groups in total. The van der Waals surface area contributed by atoms with E-state index in [2.05, 4.69) is 4.99 Å². The van der Waals surface area contributed by atoms with Gasteiger partial charge in [0.25, 0.3) is 0 Å². The van der Waals surface area contributed by atoms with Gasteiger partial charge >= 0.3 is 0 Å². The topological polar surface area (TPSA) is 88.6 Å². The van der Waals surface area contributed by atoms with E-state index in [-0.39, 0.29) is 11.5 Å². The predicted octanol–water partition coefficient (Wildman–Crippen LogP) is 3.84. The molecule has 8 heteroatoms. The summed E-state index contributed by atoms with van der Waals surface area (Å²) in [5.74, 6) is 1.33. The summed E-state index contributed by atoms with van der Waals surface area (Å²) in [4.78, 5) is 5.25. The van der Waals surface area contributed by atoms with E-state index < -0.39 is 0 Å². The zero-order valence-corrected chi connectivity index (χ0v) is 17.5. The average molecular weight is 413 g/mol. The molecule has 1 heterocycles. The van der Waals surface area contributed by atoms with E-state index in [1.807, 2.05) is 30.5 Å². The molecule has 0 amide bonds. The van der Waals surface area contributed by atoms with Gasteiger partial charge in [0.05, 0.1) is 25.6 Å². The lowest BCUT2D eigenvalue weighted by atomic mass is 10.1. The van der Waals surface area contributed by atoms with Gasteiger partial charge in [0, 0.05) is 29.1 Å². The molecular weight excluding hydrogens is 390 g/mol. The van der Waals surface area contributed by atoms with Gasteiger partial charge in [0.2, 0.25) is 4.80 Å². The fourth-order valence-corrected chi connectivity index (χ4v) is 3.76. The second-order valence-corrected chi connectivity index (χ2v) is 6.98. The van der Waals surface area contributed by atoms with Crippen LogP contribution in [-0.2, 0) is 0 Å². The molecule has 0 radical (unpaired) electrons. The van der Waals surface area contributed by atoms with Crippen LogP contribution in [0.15, 0.2) is 51.9 Å². The zero-order valence-electron chi connectivity index (χ0n) is 16.7. The van der Waals surface area contributed by atoms with Crippen LogP contribution in [0.25, 0.3) is 11.3 Å². The van der Waals surface area contributed by atoms with Crippen molar-refractivity contribution in [2.45, 2.75) is 13.8 Å². The Morgan fingerprint density at radius 3 is 2.55 bits per heavy atom. The summed E-state index contributed by atoms with van der Waals surface area (Å²) in [6, 6.07) is 9.98. The number of aromatic hydroxyl groups is 2. The van der Waals surface area contributed by atoms with E-state index in [9.17, 15) is 10.2 Å². The van der Waals surface area contributed by atoms with Crippen LogP contribution in [0.4, 0.5) is 0 Å². The molecule has 3 rings (SSSR count). The van der Waals surface area contributed by atoms with Crippen LogP contribution in [0.5, 0.6) is 23.0 Å². The molecule has 1 aromatic heterocycles. The van der Waals surface area contributed by atoms with Gasteiger partial charge in [-0.3, -0.25) is 4.99 Å². The summed E-state index contributed by atoms with van der Waals surface area (Å²) in [6.07, 6.45) is 0. The number of rotatable bonds is 6. The highest BCUT2D eigenvalue weighted by Crippen LogP contribution is 2.34. The summed E-state index contributed by atoms with van der Waals surface area (Å²) < 4.78 is 12.6. The van der Waals surface area contributed by atoms with E-state index in [0.717, 1.165) is 11.3 Å². The number of aromatic nitrogens is 1. The van der Waals surface area contributed by atoms with Gasteiger partial charge in [-0.1, -0.05) is 0 Å². The Labute approximate surface area is 172 Å². The van der Waals surface area contributed by atoms with Gasteiger partial charge in [-0.05, 0) is 44.2 Å². The maximum absolute atomic E-state index is 10.2. The fourth-order valence-electron chi connectivity index (χ4n) is 2.87.